The van der Waals surface area contributed by atoms with Gasteiger partial charge in [-0.05, 0) is 26.1 Å². The van der Waals surface area contributed by atoms with Gasteiger partial charge in [-0.3, -0.25) is 9.89 Å². The van der Waals surface area contributed by atoms with Crippen molar-refractivity contribution >= 4 is 6.21 Å². The van der Waals surface area contributed by atoms with Crippen molar-refractivity contribution < 1.29 is 0 Å². The third-order valence-corrected chi connectivity index (χ3v) is 1.70. The second-order valence-electron chi connectivity index (χ2n) is 2.85. The first-order chi connectivity index (χ1) is 5.24. The molecule has 1 aliphatic heterocycles. The molecule has 0 amide bonds. The van der Waals surface area contributed by atoms with E-state index in [1.54, 1.807) is 0 Å². The van der Waals surface area contributed by atoms with Crippen LogP contribution in [0.4, 0.5) is 0 Å². The van der Waals surface area contributed by atoms with Gasteiger partial charge in [-0.25, -0.2) is 0 Å². The van der Waals surface area contributed by atoms with Gasteiger partial charge < -0.3 is 5.32 Å². The van der Waals surface area contributed by atoms with Crippen LogP contribution >= 0.6 is 0 Å². The number of rotatable bonds is 2. The minimum absolute atomic E-state index is 0.116. The van der Waals surface area contributed by atoms with Crippen molar-refractivity contribution in [2.24, 2.45) is 4.99 Å². The third kappa shape index (κ3) is 2.05. The zero-order chi connectivity index (χ0) is 8.27. The summed E-state index contributed by atoms with van der Waals surface area (Å²) in [7, 11) is 4.00. The Morgan fingerprint density at radius 1 is 1.64 bits per heavy atom. The van der Waals surface area contributed by atoms with E-state index in [4.69, 9.17) is 0 Å². The van der Waals surface area contributed by atoms with E-state index >= 15 is 0 Å². The van der Waals surface area contributed by atoms with Crippen LogP contribution in [-0.4, -0.2) is 31.5 Å². The van der Waals surface area contributed by atoms with Crippen molar-refractivity contribution in [1.82, 2.24) is 10.2 Å². The Kier molecular flexibility index (Phi) is 2.65. The molecule has 1 unspecified atom stereocenters. The molecular weight excluding hydrogens is 138 g/mol. The van der Waals surface area contributed by atoms with E-state index in [-0.39, 0.29) is 6.29 Å². The fourth-order valence-corrected chi connectivity index (χ4v) is 0.904. The minimum atomic E-state index is 0.116. The Labute approximate surface area is 67.8 Å². The van der Waals surface area contributed by atoms with Crippen LogP contribution in [0, 0.1) is 0 Å². The number of hydrogen-bond acceptors (Lipinski definition) is 3. The average molecular weight is 153 g/mol. The zero-order valence-corrected chi connectivity index (χ0v) is 7.33. The zero-order valence-electron chi connectivity index (χ0n) is 7.33. The van der Waals surface area contributed by atoms with E-state index in [0.29, 0.717) is 0 Å². The summed E-state index contributed by atoms with van der Waals surface area (Å²) in [6, 6.07) is 0. The molecule has 0 bridgehead atoms. The highest BCUT2D eigenvalue weighted by Gasteiger charge is 2.08. The van der Waals surface area contributed by atoms with Crippen LogP contribution in [0.15, 0.2) is 16.8 Å². The highest BCUT2D eigenvalue weighted by atomic mass is 15.3. The molecular formula is C8H15N3. The number of allylic oxidation sites excluding steroid dienone is 1. The molecule has 0 aromatic carbocycles. The predicted octanol–water partition coefficient (Wildman–Crippen LogP) is 0.799. The first kappa shape index (κ1) is 8.27. The molecule has 62 valence electrons. The van der Waals surface area contributed by atoms with Crippen LogP contribution < -0.4 is 5.32 Å². The second-order valence-corrected chi connectivity index (χ2v) is 2.85. The van der Waals surface area contributed by atoms with Gasteiger partial charge in [0.15, 0.2) is 6.29 Å². The van der Waals surface area contributed by atoms with Gasteiger partial charge in [-0.15, -0.1) is 0 Å². The Morgan fingerprint density at radius 2 is 2.36 bits per heavy atom. The standard InChI is InChI=1S/C8H15N3/c1-4-7-5-9-8(10-6-7)11(2)3/h5-6,8-9H,4H2,1-3H3. The minimum Gasteiger partial charge on any atom is -0.357 e. The van der Waals surface area contributed by atoms with Crippen LogP contribution in [0.3, 0.4) is 0 Å². The topological polar surface area (TPSA) is 27.6 Å². The fraction of sp³-hybridized carbons (Fsp3) is 0.625. The summed E-state index contributed by atoms with van der Waals surface area (Å²) in [5, 5.41) is 3.19. The number of hydrogen-bond donors (Lipinski definition) is 1. The Morgan fingerprint density at radius 3 is 2.73 bits per heavy atom. The van der Waals surface area contributed by atoms with E-state index in [9.17, 15) is 0 Å². The van der Waals surface area contributed by atoms with Crippen LogP contribution in [0.5, 0.6) is 0 Å². The molecule has 0 saturated heterocycles. The van der Waals surface area contributed by atoms with Crippen LogP contribution in [0.25, 0.3) is 0 Å². The molecule has 0 spiro atoms. The molecule has 1 atom stereocenters. The number of aliphatic imine (C=N–C) groups is 1. The molecule has 0 fully saturated rings. The first-order valence-corrected chi connectivity index (χ1v) is 3.88. The highest BCUT2D eigenvalue weighted by Crippen LogP contribution is 2.03. The first-order valence-electron chi connectivity index (χ1n) is 3.88. The molecule has 1 heterocycles. The summed E-state index contributed by atoms with van der Waals surface area (Å²) in [6.07, 6.45) is 5.11. The molecule has 0 radical (unpaired) electrons. The quantitative estimate of drug-likeness (QED) is 0.635. The molecule has 0 aromatic rings. The maximum Gasteiger partial charge on any atom is 0.175 e. The van der Waals surface area contributed by atoms with Gasteiger partial charge in [0.25, 0.3) is 0 Å². The van der Waals surface area contributed by atoms with E-state index < -0.39 is 0 Å². The van der Waals surface area contributed by atoms with Crippen molar-refractivity contribution in [2.45, 2.75) is 19.6 Å². The molecule has 0 aliphatic carbocycles. The van der Waals surface area contributed by atoms with E-state index in [2.05, 4.69) is 17.2 Å². The molecule has 1 rings (SSSR count). The summed E-state index contributed by atoms with van der Waals surface area (Å²) in [6.45, 7) is 2.12. The fourth-order valence-electron chi connectivity index (χ4n) is 0.904. The summed E-state index contributed by atoms with van der Waals surface area (Å²) in [5.41, 5.74) is 1.25. The molecule has 0 saturated carbocycles. The van der Waals surface area contributed by atoms with Crippen molar-refractivity contribution in [1.29, 1.82) is 0 Å². The van der Waals surface area contributed by atoms with E-state index in [1.165, 1.54) is 5.57 Å². The van der Waals surface area contributed by atoms with Gasteiger partial charge in [0.2, 0.25) is 0 Å². The van der Waals surface area contributed by atoms with Crippen molar-refractivity contribution in [3.63, 3.8) is 0 Å². The van der Waals surface area contributed by atoms with Gasteiger partial charge in [-0.2, -0.15) is 0 Å². The number of nitrogens with one attached hydrogen (secondary N) is 1. The lowest BCUT2D eigenvalue weighted by Crippen LogP contribution is -2.38. The molecule has 0 aromatic heterocycles. The van der Waals surface area contributed by atoms with Gasteiger partial charge in [-0.1, -0.05) is 6.92 Å². The monoisotopic (exact) mass is 153 g/mol. The maximum atomic E-state index is 4.30. The Hall–Kier alpha value is -0.830. The van der Waals surface area contributed by atoms with E-state index in [0.717, 1.165) is 6.42 Å². The molecule has 3 heteroatoms. The van der Waals surface area contributed by atoms with Gasteiger partial charge in [0.05, 0.1) is 0 Å². The van der Waals surface area contributed by atoms with Gasteiger partial charge in [0.1, 0.15) is 0 Å². The predicted molar refractivity (Wildman–Crippen MR) is 47.5 cm³/mol. The van der Waals surface area contributed by atoms with E-state index in [1.807, 2.05) is 31.4 Å². The lowest BCUT2D eigenvalue weighted by Gasteiger charge is -2.23. The smallest absolute Gasteiger partial charge is 0.175 e. The SMILES string of the molecule is CCC1=CNC(N(C)C)N=C1. The van der Waals surface area contributed by atoms with Gasteiger partial charge in [0, 0.05) is 12.4 Å². The Balaban J connectivity index is 2.50. The Bertz CT molecular complexity index is 182. The van der Waals surface area contributed by atoms with Crippen LogP contribution in [-0.2, 0) is 0 Å². The third-order valence-electron chi connectivity index (χ3n) is 1.70. The van der Waals surface area contributed by atoms with Crippen LogP contribution in [0.1, 0.15) is 13.3 Å². The van der Waals surface area contributed by atoms with Crippen LogP contribution in [0.2, 0.25) is 0 Å². The molecule has 11 heavy (non-hydrogen) atoms. The molecule has 1 aliphatic rings. The molecule has 3 nitrogen and oxygen atoms in total. The average Bonchev–Trinajstić information content (AvgIpc) is 2.05. The van der Waals surface area contributed by atoms with Crippen molar-refractivity contribution in [3.05, 3.63) is 11.8 Å². The van der Waals surface area contributed by atoms with Crippen molar-refractivity contribution in [2.75, 3.05) is 14.1 Å². The summed E-state index contributed by atoms with van der Waals surface area (Å²) >= 11 is 0. The van der Waals surface area contributed by atoms with Crippen molar-refractivity contribution in [3.8, 4) is 0 Å². The van der Waals surface area contributed by atoms with Gasteiger partial charge >= 0.3 is 0 Å². The lowest BCUT2D eigenvalue weighted by molar-refractivity contribution is 0.275. The summed E-state index contributed by atoms with van der Waals surface area (Å²) in [5.74, 6) is 0. The lowest BCUT2D eigenvalue weighted by atomic mass is 10.2. The summed E-state index contributed by atoms with van der Waals surface area (Å²) < 4.78 is 0. The molecule has 1 N–H and O–H groups in total. The normalized spacial score (nSPS) is 23.3. The maximum absolute atomic E-state index is 4.30. The largest absolute Gasteiger partial charge is 0.357 e. The number of nitrogens with zero attached hydrogens (tertiary/aromatic N) is 2. The second kappa shape index (κ2) is 3.53. The summed E-state index contributed by atoms with van der Waals surface area (Å²) in [4.78, 5) is 6.33. The highest BCUT2D eigenvalue weighted by molar-refractivity contribution is 5.79.